The molecule has 7 nitrogen and oxygen atoms in total. The van der Waals surface area contributed by atoms with Crippen LogP contribution in [0, 0.1) is 12.3 Å². The normalized spacial score (nSPS) is 11.3. The second-order valence-electron chi connectivity index (χ2n) is 4.79. The molecule has 1 rings (SSSR count). The van der Waals surface area contributed by atoms with Crippen molar-refractivity contribution in [1.82, 2.24) is 15.4 Å². The molecule has 140 valence electrons. The Morgan fingerprint density at radius 1 is 1.28 bits per heavy atom. The monoisotopic (exact) mass is 480 g/mol. The Labute approximate surface area is 167 Å². The van der Waals surface area contributed by atoms with Crippen molar-refractivity contribution >= 4 is 40.0 Å². The zero-order valence-electron chi connectivity index (χ0n) is 14.4. The molecule has 0 aliphatic heterocycles. The number of nitrogens with zero attached hydrogens (tertiary/aromatic N) is 1. The van der Waals surface area contributed by atoms with Crippen molar-refractivity contribution in [3.8, 4) is 12.3 Å². The van der Waals surface area contributed by atoms with Gasteiger partial charge in [-0.2, -0.15) is 0 Å². The molecule has 0 fully saturated rings. The fourth-order valence-electron chi connectivity index (χ4n) is 1.78. The molecule has 0 saturated heterocycles. The standard InChI is InChI=1S/C16H24N4O3S.HI/c1-4-10-18-16(17-5-2)19-13-14-6-8-15(9-7-14)24(21,22)20-11-12-23-3;/h1,6-9,20H,5,10-13H2,2-3H3,(H2,17,18,19);1H. The third-order valence-electron chi connectivity index (χ3n) is 2.95. The van der Waals surface area contributed by atoms with Crippen molar-refractivity contribution in [2.75, 3.05) is 33.4 Å². The Morgan fingerprint density at radius 3 is 2.52 bits per heavy atom. The predicted octanol–water partition coefficient (Wildman–Crippen LogP) is 0.918. The maximum Gasteiger partial charge on any atom is 0.240 e. The number of hydrogen-bond acceptors (Lipinski definition) is 4. The number of ether oxygens (including phenoxy) is 1. The number of rotatable bonds is 9. The van der Waals surface area contributed by atoms with Gasteiger partial charge in [-0.05, 0) is 24.6 Å². The molecule has 0 bridgehead atoms. The number of terminal acetylenes is 1. The van der Waals surface area contributed by atoms with Crippen LogP contribution in [-0.4, -0.2) is 47.7 Å². The van der Waals surface area contributed by atoms with Gasteiger partial charge in [0.15, 0.2) is 5.96 Å². The van der Waals surface area contributed by atoms with Crippen LogP contribution in [0.3, 0.4) is 0 Å². The summed E-state index contributed by atoms with van der Waals surface area (Å²) in [4.78, 5) is 4.60. The van der Waals surface area contributed by atoms with Crippen LogP contribution in [0.15, 0.2) is 34.2 Å². The van der Waals surface area contributed by atoms with E-state index in [0.717, 1.165) is 12.1 Å². The predicted molar refractivity (Wildman–Crippen MR) is 111 cm³/mol. The summed E-state index contributed by atoms with van der Waals surface area (Å²) in [5.74, 6) is 3.10. The maximum absolute atomic E-state index is 12.1. The third kappa shape index (κ3) is 9.06. The van der Waals surface area contributed by atoms with Gasteiger partial charge in [0.1, 0.15) is 0 Å². The van der Waals surface area contributed by atoms with Crippen LogP contribution >= 0.6 is 24.0 Å². The molecule has 0 amide bonds. The molecule has 0 radical (unpaired) electrons. The van der Waals surface area contributed by atoms with E-state index in [0.29, 0.717) is 25.7 Å². The third-order valence-corrected chi connectivity index (χ3v) is 4.43. The van der Waals surface area contributed by atoms with E-state index in [9.17, 15) is 8.42 Å². The Kier molecular flexibility index (Phi) is 12.2. The fraction of sp³-hybridized carbons (Fsp3) is 0.438. The van der Waals surface area contributed by atoms with Crippen LogP contribution in [-0.2, 0) is 21.3 Å². The molecule has 0 aliphatic carbocycles. The number of hydrogen-bond donors (Lipinski definition) is 3. The number of sulfonamides is 1. The lowest BCUT2D eigenvalue weighted by Gasteiger charge is -2.09. The summed E-state index contributed by atoms with van der Waals surface area (Å²) in [6, 6.07) is 6.59. The van der Waals surface area contributed by atoms with Crippen molar-refractivity contribution in [3.05, 3.63) is 29.8 Å². The molecule has 3 N–H and O–H groups in total. The molecule has 0 spiro atoms. The summed E-state index contributed by atoms with van der Waals surface area (Å²) in [6.07, 6.45) is 5.22. The molecule has 9 heteroatoms. The SMILES string of the molecule is C#CCNC(=NCc1ccc(S(=O)(=O)NCCOC)cc1)NCC.I. The zero-order chi connectivity index (χ0) is 17.8. The summed E-state index contributed by atoms with van der Waals surface area (Å²) < 4.78 is 31.4. The molecule has 0 aliphatic rings. The number of guanidine groups is 1. The molecule has 0 heterocycles. The van der Waals surface area contributed by atoms with E-state index >= 15 is 0 Å². The number of nitrogens with one attached hydrogen (secondary N) is 3. The highest BCUT2D eigenvalue weighted by Gasteiger charge is 2.12. The lowest BCUT2D eigenvalue weighted by molar-refractivity contribution is 0.204. The average Bonchev–Trinajstić information content (AvgIpc) is 2.58. The fourth-order valence-corrected chi connectivity index (χ4v) is 2.80. The van der Waals surface area contributed by atoms with E-state index in [1.807, 2.05) is 6.92 Å². The van der Waals surface area contributed by atoms with Crippen molar-refractivity contribution < 1.29 is 13.2 Å². The van der Waals surface area contributed by atoms with Crippen LogP contribution in [0.5, 0.6) is 0 Å². The molecule has 1 aromatic carbocycles. The van der Waals surface area contributed by atoms with Crippen LogP contribution < -0.4 is 15.4 Å². The lowest BCUT2D eigenvalue weighted by atomic mass is 10.2. The first-order chi connectivity index (χ1) is 11.5. The van der Waals surface area contributed by atoms with Gasteiger partial charge in [0.25, 0.3) is 0 Å². The molecule has 1 aromatic rings. The van der Waals surface area contributed by atoms with E-state index in [1.165, 1.54) is 7.11 Å². The molecule has 0 aromatic heterocycles. The molecule has 0 atom stereocenters. The van der Waals surface area contributed by atoms with Crippen molar-refractivity contribution in [2.24, 2.45) is 4.99 Å². The van der Waals surface area contributed by atoms with Gasteiger partial charge in [-0.1, -0.05) is 18.1 Å². The van der Waals surface area contributed by atoms with E-state index in [4.69, 9.17) is 11.2 Å². The van der Waals surface area contributed by atoms with Crippen LogP contribution in [0.4, 0.5) is 0 Å². The molecular formula is C16H25IN4O3S. The number of methoxy groups -OCH3 is 1. The summed E-state index contributed by atoms with van der Waals surface area (Å²) in [5, 5.41) is 6.07. The van der Waals surface area contributed by atoms with Crippen LogP contribution in [0.2, 0.25) is 0 Å². The topological polar surface area (TPSA) is 91.8 Å². The van der Waals surface area contributed by atoms with E-state index in [1.54, 1.807) is 24.3 Å². The van der Waals surface area contributed by atoms with Gasteiger partial charge in [-0.15, -0.1) is 30.4 Å². The summed E-state index contributed by atoms with van der Waals surface area (Å²) in [6.45, 7) is 4.04. The Morgan fingerprint density at radius 2 is 1.96 bits per heavy atom. The van der Waals surface area contributed by atoms with Crippen molar-refractivity contribution in [1.29, 1.82) is 0 Å². The summed E-state index contributed by atoms with van der Waals surface area (Å²) >= 11 is 0. The summed E-state index contributed by atoms with van der Waals surface area (Å²) in [5.41, 5.74) is 0.892. The van der Waals surface area contributed by atoms with Crippen LogP contribution in [0.25, 0.3) is 0 Å². The summed E-state index contributed by atoms with van der Waals surface area (Å²) in [7, 11) is -2.00. The smallest absolute Gasteiger partial charge is 0.240 e. The first-order valence-electron chi connectivity index (χ1n) is 7.56. The minimum atomic E-state index is -3.51. The number of benzene rings is 1. The quantitative estimate of drug-likeness (QED) is 0.161. The molecule has 0 saturated carbocycles. The molecule has 25 heavy (non-hydrogen) atoms. The van der Waals surface area contributed by atoms with Gasteiger partial charge in [0, 0.05) is 20.2 Å². The lowest BCUT2D eigenvalue weighted by Crippen LogP contribution is -2.37. The number of aliphatic imine (C=N–C) groups is 1. The second-order valence-corrected chi connectivity index (χ2v) is 6.55. The van der Waals surface area contributed by atoms with Crippen molar-refractivity contribution in [3.63, 3.8) is 0 Å². The van der Waals surface area contributed by atoms with E-state index < -0.39 is 10.0 Å². The van der Waals surface area contributed by atoms with Gasteiger partial charge in [0.2, 0.25) is 10.0 Å². The van der Waals surface area contributed by atoms with Gasteiger partial charge in [-0.25, -0.2) is 18.1 Å². The highest BCUT2D eigenvalue weighted by Crippen LogP contribution is 2.11. The first kappa shape index (κ1) is 23.6. The Hall–Kier alpha value is -1.35. The van der Waals surface area contributed by atoms with Gasteiger partial charge < -0.3 is 15.4 Å². The Balaban J connectivity index is 0.00000576. The second kappa shape index (κ2) is 12.9. The highest BCUT2D eigenvalue weighted by atomic mass is 127. The van der Waals surface area contributed by atoms with Gasteiger partial charge in [0.05, 0.1) is 24.6 Å². The van der Waals surface area contributed by atoms with E-state index in [-0.39, 0.29) is 35.4 Å². The molecule has 0 unspecified atom stereocenters. The molecular weight excluding hydrogens is 455 g/mol. The zero-order valence-corrected chi connectivity index (χ0v) is 17.6. The van der Waals surface area contributed by atoms with E-state index in [2.05, 4.69) is 26.3 Å². The highest BCUT2D eigenvalue weighted by molar-refractivity contribution is 14.0. The van der Waals surface area contributed by atoms with Crippen LogP contribution in [0.1, 0.15) is 12.5 Å². The maximum atomic E-state index is 12.1. The first-order valence-corrected chi connectivity index (χ1v) is 9.05. The minimum absolute atomic E-state index is 0. The Bertz CT molecular complexity index is 670. The largest absolute Gasteiger partial charge is 0.383 e. The minimum Gasteiger partial charge on any atom is -0.383 e. The average molecular weight is 480 g/mol. The van der Waals surface area contributed by atoms with Gasteiger partial charge >= 0.3 is 0 Å². The van der Waals surface area contributed by atoms with Gasteiger partial charge in [-0.3, -0.25) is 0 Å². The van der Waals surface area contributed by atoms with Crippen molar-refractivity contribution in [2.45, 2.75) is 18.4 Å². The number of halogens is 1.